The second-order valence-electron chi connectivity index (χ2n) is 4.25. The van der Waals surface area contributed by atoms with Gasteiger partial charge >= 0.3 is 5.97 Å². The molecule has 16 heavy (non-hydrogen) atoms. The number of hydrogen-bond acceptors (Lipinski definition) is 3. The molecule has 0 saturated heterocycles. The molecule has 0 spiro atoms. The van der Waals surface area contributed by atoms with Crippen molar-refractivity contribution in [1.29, 1.82) is 0 Å². The topological polar surface area (TPSA) is 55.4 Å². The van der Waals surface area contributed by atoms with E-state index in [-0.39, 0.29) is 30.4 Å². The zero-order valence-corrected chi connectivity index (χ0v) is 9.86. The van der Waals surface area contributed by atoms with E-state index in [9.17, 15) is 9.59 Å². The smallest absolute Gasteiger partial charge is 0.309 e. The van der Waals surface area contributed by atoms with Crippen molar-refractivity contribution in [3.63, 3.8) is 0 Å². The molecule has 0 saturated carbocycles. The van der Waals surface area contributed by atoms with Gasteiger partial charge in [0, 0.05) is 6.42 Å². The van der Waals surface area contributed by atoms with E-state index >= 15 is 0 Å². The van der Waals surface area contributed by atoms with Crippen LogP contribution in [0, 0.1) is 5.92 Å². The highest BCUT2D eigenvalue weighted by Crippen LogP contribution is 2.07. The summed E-state index contributed by atoms with van der Waals surface area (Å²) < 4.78 is 5.10. The maximum Gasteiger partial charge on any atom is 0.309 e. The summed E-state index contributed by atoms with van der Waals surface area (Å²) in [4.78, 5) is 22.9. The molecular weight excluding hydrogens is 206 g/mol. The predicted octanol–water partition coefficient (Wildman–Crippen LogP) is 1.41. The molecule has 0 unspecified atom stereocenters. The van der Waals surface area contributed by atoms with Crippen molar-refractivity contribution in [2.75, 3.05) is 6.61 Å². The molecule has 0 aromatic heterocycles. The molecule has 4 nitrogen and oxygen atoms in total. The van der Waals surface area contributed by atoms with Crippen molar-refractivity contribution in [3.8, 4) is 0 Å². The van der Waals surface area contributed by atoms with E-state index in [4.69, 9.17) is 4.74 Å². The van der Waals surface area contributed by atoms with Gasteiger partial charge in [0.05, 0.1) is 12.0 Å². The third-order valence-corrected chi connectivity index (χ3v) is 2.48. The van der Waals surface area contributed by atoms with Gasteiger partial charge in [-0.3, -0.25) is 9.59 Å². The minimum atomic E-state index is -0.202. The number of esters is 1. The zero-order chi connectivity index (χ0) is 12.0. The molecule has 90 valence electrons. The minimum absolute atomic E-state index is 0.00169. The van der Waals surface area contributed by atoms with Gasteiger partial charge in [-0.05, 0) is 19.8 Å². The van der Waals surface area contributed by atoms with Gasteiger partial charge in [-0.1, -0.05) is 19.1 Å². The Bertz CT molecular complexity index is 286. The fourth-order valence-corrected chi connectivity index (χ4v) is 1.47. The Morgan fingerprint density at radius 2 is 2.06 bits per heavy atom. The Kier molecular flexibility index (Phi) is 5.02. The van der Waals surface area contributed by atoms with Crippen molar-refractivity contribution in [3.05, 3.63) is 12.2 Å². The van der Waals surface area contributed by atoms with E-state index in [0.717, 1.165) is 6.42 Å². The highest BCUT2D eigenvalue weighted by molar-refractivity contribution is 5.76. The molecule has 0 aromatic rings. The number of carbonyl (C=O) groups is 2. The van der Waals surface area contributed by atoms with Crippen LogP contribution in [0.3, 0.4) is 0 Å². The molecule has 0 radical (unpaired) electrons. The summed E-state index contributed by atoms with van der Waals surface area (Å²) in [6.07, 6.45) is 5.76. The number of rotatable bonds is 0. The van der Waals surface area contributed by atoms with Crippen molar-refractivity contribution >= 4 is 11.9 Å². The summed E-state index contributed by atoms with van der Waals surface area (Å²) in [5.41, 5.74) is 0. The Morgan fingerprint density at radius 1 is 1.31 bits per heavy atom. The Balaban J connectivity index is 2.58. The first-order valence-electron chi connectivity index (χ1n) is 5.70. The molecule has 4 heteroatoms. The predicted molar refractivity (Wildman–Crippen MR) is 60.7 cm³/mol. The summed E-state index contributed by atoms with van der Waals surface area (Å²) >= 11 is 0. The van der Waals surface area contributed by atoms with Gasteiger partial charge in [0.1, 0.15) is 6.61 Å². The first-order valence-corrected chi connectivity index (χ1v) is 5.70. The lowest BCUT2D eigenvalue weighted by Gasteiger charge is -2.16. The van der Waals surface area contributed by atoms with Crippen molar-refractivity contribution in [2.45, 2.75) is 39.2 Å². The molecule has 0 aliphatic carbocycles. The molecule has 1 amide bonds. The van der Waals surface area contributed by atoms with Gasteiger partial charge < -0.3 is 10.1 Å². The molecular formula is C12H19NO3. The van der Waals surface area contributed by atoms with Gasteiger partial charge in [0.15, 0.2) is 0 Å². The highest BCUT2D eigenvalue weighted by atomic mass is 16.5. The number of hydrogen-bond donors (Lipinski definition) is 1. The highest BCUT2D eigenvalue weighted by Gasteiger charge is 2.15. The maximum atomic E-state index is 11.5. The molecule has 1 aliphatic heterocycles. The number of allylic oxidation sites excluding steroid dienone is 2. The van der Waals surface area contributed by atoms with Crippen LogP contribution in [-0.2, 0) is 14.3 Å². The Morgan fingerprint density at radius 3 is 2.81 bits per heavy atom. The largest absolute Gasteiger partial charge is 0.463 e. The summed E-state index contributed by atoms with van der Waals surface area (Å²) in [6.45, 7) is 3.93. The van der Waals surface area contributed by atoms with Gasteiger partial charge in [0.2, 0.25) is 5.91 Å². The second-order valence-corrected chi connectivity index (χ2v) is 4.25. The Labute approximate surface area is 96.0 Å². The van der Waals surface area contributed by atoms with Crippen LogP contribution in [0.5, 0.6) is 0 Å². The number of amides is 1. The monoisotopic (exact) mass is 225 g/mol. The molecule has 0 fully saturated rings. The van der Waals surface area contributed by atoms with Crippen LogP contribution in [0.2, 0.25) is 0 Å². The van der Waals surface area contributed by atoms with E-state index in [1.54, 1.807) is 0 Å². The van der Waals surface area contributed by atoms with Gasteiger partial charge in [-0.2, -0.15) is 0 Å². The maximum absolute atomic E-state index is 11.5. The molecule has 0 aromatic carbocycles. The number of nitrogens with one attached hydrogen (secondary N) is 1. The number of ether oxygens (including phenoxy) is 1. The SMILES string of the molecule is C[C@@H]1C/C=C\CCC(=O)N[C@@H](C)COC1=O. The second kappa shape index (κ2) is 6.30. The lowest BCUT2D eigenvalue weighted by atomic mass is 10.1. The standard InChI is InChI=1S/C12H19NO3/c1-9-6-4-3-5-7-11(14)13-10(2)8-16-12(9)15/h3-4,9-10H,5-8H2,1-2H3,(H,13,14)/b4-3-/t9-,10+/m1/s1. The van der Waals surface area contributed by atoms with E-state index in [2.05, 4.69) is 5.32 Å². The third-order valence-electron chi connectivity index (χ3n) is 2.48. The summed E-state index contributed by atoms with van der Waals surface area (Å²) in [5.74, 6) is -0.313. The average molecular weight is 225 g/mol. The Hall–Kier alpha value is -1.32. The summed E-state index contributed by atoms with van der Waals surface area (Å²) in [7, 11) is 0. The molecule has 1 aliphatic rings. The van der Waals surface area contributed by atoms with Crippen molar-refractivity contribution in [2.24, 2.45) is 5.92 Å². The quantitative estimate of drug-likeness (QED) is 0.501. The van der Waals surface area contributed by atoms with Crippen LogP contribution in [-0.4, -0.2) is 24.5 Å². The number of cyclic esters (lactones) is 1. The molecule has 0 bridgehead atoms. The molecule has 1 heterocycles. The van der Waals surface area contributed by atoms with Crippen LogP contribution in [0.4, 0.5) is 0 Å². The van der Waals surface area contributed by atoms with E-state index < -0.39 is 0 Å². The fraction of sp³-hybridized carbons (Fsp3) is 0.667. The lowest BCUT2D eigenvalue weighted by molar-refractivity contribution is -0.149. The normalized spacial score (nSPS) is 30.6. The van der Waals surface area contributed by atoms with Crippen LogP contribution in [0.1, 0.15) is 33.1 Å². The average Bonchev–Trinajstić information content (AvgIpc) is 2.23. The van der Waals surface area contributed by atoms with Crippen LogP contribution in [0.15, 0.2) is 12.2 Å². The van der Waals surface area contributed by atoms with E-state index in [1.807, 2.05) is 26.0 Å². The minimum Gasteiger partial charge on any atom is -0.463 e. The molecule has 1 N–H and O–H groups in total. The molecule has 1 rings (SSSR count). The lowest BCUT2D eigenvalue weighted by Crippen LogP contribution is -2.37. The van der Waals surface area contributed by atoms with Gasteiger partial charge in [-0.25, -0.2) is 0 Å². The van der Waals surface area contributed by atoms with Crippen LogP contribution in [0.25, 0.3) is 0 Å². The van der Waals surface area contributed by atoms with E-state index in [1.165, 1.54) is 0 Å². The number of carbonyl (C=O) groups excluding carboxylic acids is 2. The first-order chi connectivity index (χ1) is 7.59. The van der Waals surface area contributed by atoms with Crippen LogP contribution < -0.4 is 5.32 Å². The van der Waals surface area contributed by atoms with E-state index in [0.29, 0.717) is 12.8 Å². The summed E-state index contributed by atoms with van der Waals surface area (Å²) in [5, 5.41) is 2.78. The third kappa shape index (κ3) is 4.47. The van der Waals surface area contributed by atoms with Gasteiger partial charge in [-0.15, -0.1) is 0 Å². The zero-order valence-electron chi connectivity index (χ0n) is 9.86. The van der Waals surface area contributed by atoms with Crippen LogP contribution >= 0.6 is 0 Å². The van der Waals surface area contributed by atoms with Crippen molar-refractivity contribution in [1.82, 2.24) is 5.32 Å². The molecule has 2 atom stereocenters. The summed E-state index contributed by atoms with van der Waals surface area (Å²) in [6, 6.07) is -0.118. The first kappa shape index (κ1) is 12.7. The van der Waals surface area contributed by atoms with Gasteiger partial charge in [0.25, 0.3) is 0 Å². The van der Waals surface area contributed by atoms with Crippen molar-refractivity contribution < 1.29 is 14.3 Å². The fourth-order valence-electron chi connectivity index (χ4n) is 1.47.